The first-order valence-electron chi connectivity index (χ1n) is 4.20. The van der Waals surface area contributed by atoms with E-state index in [1.54, 1.807) is 20.9 Å². The van der Waals surface area contributed by atoms with E-state index in [-0.39, 0.29) is 11.2 Å². The van der Waals surface area contributed by atoms with Gasteiger partial charge >= 0.3 is 0 Å². The molecule has 0 aliphatic carbocycles. The van der Waals surface area contributed by atoms with Crippen molar-refractivity contribution in [2.45, 2.75) is 26.1 Å². The molecule has 2 unspecified atom stereocenters. The first-order chi connectivity index (χ1) is 5.39. The summed E-state index contributed by atoms with van der Waals surface area (Å²) in [6.07, 6.45) is -0.915. The number of nitrogens with zero attached hydrogens (tertiary/aromatic N) is 1. The SMILES string of the molecule is CC(O)C[N+](C)(CO)CC(C)O. The van der Waals surface area contributed by atoms with Gasteiger partial charge in [0.15, 0.2) is 6.73 Å². The highest BCUT2D eigenvalue weighted by atomic mass is 16.3. The molecule has 74 valence electrons. The molecule has 12 heavy (non-hydrogen) atoms. The van der Waals surface area contributed by atoms with Crippen molar-refractivity contribution < 1.29 is 19.8 Å². The Morgan fingerprint density at radius 1 is 1.08 bits per heavy atom. The Labute approximate surface area is 73.6 Å². The van der Waals surface area contributed by atoms with Crippen molar-refractivity contribution >= 4 is 0 Å². The van der Waals surface area contributed by atoms with Crippen LogP contribution >= 0.6 is 0 Å². The Bertz CT molecular complexity index is 115. The summed E-state index contributed by atoms with van der Waals surface area (Å²) in [6.45, 7) is 4.21. The predicted molar refractivity (Wildman–Crippen MR) is 46.4 cm³/mol. The second-order valence-electron chi connectivity index (χ2n) is 3.82. The van der Waals surface area contributed by atoms with Gasteiger partial charge in [0.2, 0.25) is 0 Å². The van der Waals surface area contributed by atoms with Gasteiger partial charge in [-0.15, -0.1) is 0 Å². The van der Waals surface area contributed by atoms with Crippen LogP contribution in [0.3, 0.4) is 0 Å². The summed E-state index contributed by atoms with van der Waals surface area (Å²) in [7, 11) is 1.80. The highest BCUT2D eigenvalue weighted by Crippen LogP contribution is 2.04. The van der Waals surface area contributed by atoms with E-state index in [0.29, 0.717) is 13.1 Å². The highest BCUT2D eigenvalue weighted by molar-refractivity contribution is 4.48. The summed E-state index contributed by atoms with van der Waals surface area (Å²) in [4.78, 5) is 0. The van der Waals surface area contributed by atoms with Crippen molar-refractivity contribution in [1.29, 1.82) is 0 Å². The Morgan fingerprint density at radius 2 is 1.42 bits per heavy atom. The van der Waals surface area contributed by atoms with Crippen LogP contribution in [0.4, 0.5) is 0 Å². The molecule has 4 nitrogen and oxygen atoms in total. The van der Waals surface area contributed by atoms with E-state index in [4.69, 9.17) is 15.3 Å². The van der Waals surface area contributed by atoms with Crippen molar-refractivity contribution in [3.05, 3.63) is 0 Å². The lowest BCUT2D eigenvalue weighted by atomic mass is 10.3. The monoisotopic (exact) mass is 178 g/mol. The Morgan fingerprint density at radius 3 is 1.58 bits per heavy atom. The predicted octanol–water partition coefficient (Wildman–Crippen LogP) is -0.856. The molecule has 0 fully saturated rings. The first-order valence-corrected chi connectivity index (χ1v) is 4.20. The van der Waals surface area contributed by atoms with Gasteiger partial charge in [0.25, 0.3) is 0 Å². The molecule has 2 atom stereocenters. The smallest absolute Gasteiger partial charge is 0.180 e. The van der Waals surface area contributed by atoms with Gasteiger partial charge in [-0.1, -0.05) is 0 Å². The van der Waals surface area contributed by atoms with E-state index < -0.39 is 12.2 Å². The maximum absolute atomic E-state index is 9.12. The molecule has 0 aliphatic rings. The van der Waals surface area contributed by atoms with Gasteiger partial charge in [0.1, 0.15) is 25.3 Å². The quantitative estimate of drug-likeness (QED) is 0.379. The average molecular weight is 178 g/mol. The van der Waals surface area contributed by atoms with Crippen molar-refractivity contribution in [3.8, 4) is 0 Å². The molecule has 0 aromatic heterocycles. The zero-order valence-corrected chi connectivity index (χ0v) is 8.06. The fraction of sp³-hybridized carbons (Fsp3) is 1.00. The molecule has 3 N–H and O–H groups in total. The lowest BCUT2D eigenvalue weighted by Crippen LogP contribution is -2.52. The second-order valence-corrected chi connectivity index (χ2v) is 3.82. The Kier molecular flexibility index (Phi) is 4.70. The van der Waals surface area contributed by atoms with Crippen molar-refractivity contribution in [2.24, 2.45) is 0 Å². The second kappa shape index (κ2) is 4.77. The van der Waals surface area contributed by atoms with E-state index in [9.17, 15) is 0 Å². The lowest BCUT2D eigenvalue weighted by Gasteiger charge is -2.34. The van der Waals surface area contributed by atoms with Crippen LogP contribution in [0.1, 0.15) is 13.8 Å². The topological polar surface area (TPSA) is 60.7 Å². The van der Waals surface area contributed by atoms with Crippen molar-refractivity contribution in [3.63, 3.8) is 0 Å². The zero-order chi connectivity index (χ0) is 9.78. The van der Waals surface area contributed by atoms with Crippen LogP contribution in [0, 0.1) is 0 Å². The third-order valence-corrected chi connectivity index (χ3v) is 1.75. The normalized spacial score (nSPS) is 21.5. The largest absolute Gasteiger partial charge is 0.388 e. The highest BCUT2D eigenvalue weighted by Gasteiger charge is 2.24. The number of hydrogen-bond acceptors (Lipinski definition) is 3. The van der Waals surface area contributed by atoms with Crippen LogP contribution in [0.25, 0.3) is 0 Å². The van der Waals surface area contributed by atoms with Gasteiger partial charge in [-0.3, -0.25) is 4.48 Å². The van der Waals surface area contributed by atoms with Crippen molar-refractivity contribution in [2.75, 3.05) is 26.9 Å². The summed E-state index contributed by atoms with van der Waals surface area (Å²) in [5, 5.41) is 27.3. The summed E-state index contributed by atoms with van der Waals surface area (Å²) in [6, 6.07) is 0. The number of hydrogen-bond donors (Lipinski definition) is 3. The molecule has 0 aliphatic heterocycles. The minimum atomic E-state index is -0.458. The van der Waals surface area contributed by atoms with Gasteiger partial charge in [0, 0.05) is 0 Å². The average Bonchev–Trinajstić information content (AvgIpc) is 1.83. The molecule has 0 saturated heterocycles. The van der Waals surface area contributed by atoms with E-state index in [1.807, 2.05) is 0 Å². The van der Waals surface area contributed by atoms with Crippen LogP contribution in [0.5, 0.6) is 0 Å². The molecule has 0 rings (SSSR count). The third-order valence-electron chi connectivity index (χ3n) is 1.75. The molecule has 0 spiro atoms. The zero-order valence-electron chi connectivity index (χ0n) is 8.06. The summed E-state index contributed by atoms with van der Waals surface area (Å²) in [5.41, 5.74) is 0. The lowest BCUT2D eigenvalue weighted by molar-refractivity contribution is -0.932. The van der Waals surface area contributed by atoms with Crippen molar-refractivity contribution in [1.82, 2.24) is 0 Å². The number of quaternary nitrogens is 1. The number of aliphatic hydroxyl groups is 3. The van der Waals surface area contributed by atoms with Gasteiger partial charge < -0.3 is 15.3 Å². The molecule has 0 heterocycles. The van der Waals surface area contributed by atoms with Crippen LogP contribution in [-0.2, 0) is 0 Å². The van der Waals surface area contributed by atoms with Crippen LogP contribution in [-0.4, -0.2) is 58.9 Å². The molecule has 0 amide bonds. The number of aliphatic hydroxyl groups excluding tert-OH is 3. The Hall–Kier alpha value is -0.160. The standard InChI is InChI=1S/C8H20NO3/c1-7(11)4-9(3,6-10)5-8(2)12/h7-8,10-12H,4-6H2,1-3H3/q+1. The Balaban J connectivity index is 4.04. The number of rotatable bonds is 5. The van der Waals surface area contributed by atoms with E-state index in [1.165, 1.54) is 0 Å². The van der Waals surface area contributed by atoms with E-state index in [0.717, 1.165) is 0 Å². The molecule has 4 heteroatoms. The van der Waals surface area contributed by atoms with E-state index >= 15 is 0 Å². The maximum Gasteiger partial charge on any atom is 0.180 e. The van der Waals surface area contributed by atoms with Gasteiger partial charge in [0.05, 0.1) is 7.05 Å². The first kappa shape index (κ1) is 11.8. The van der Waals surface area contributed by atoms with Gasteiger partial charge in [-0.25, -0.2) is 0 Å². The molecule has 0 aromatic carbocycles. The van der Waals surface area contributed by atoms with Gasteiger partial charge in [-0.05, 0) is 13.8 Å². The molecule has 0 bridgehead atoms. The van der Waals surface area contributed by atoms with Crippen LogP contribution < -0.4 is 0 Å². The maximum atomic E-state index is 9.12. The molecule has 0 aromatic rings. The minimum Gasteiger partial charge on any atom is -0.388 e. The number of likely N-dealkylation sites (N-methyl/N-ethyl adjacent to an activating group) is 1. The van der Waals surface area contributed by atoms with E-state index in [2.05, 4.69) is 0 Å². The fourth-order valence-electron chi connectivity index (χ4n) is 1.47. The molecular weight excluding hydrogens is 158 g/mol. The van der Waals surface area contributed by atoms with Gasteiger partial charge in [-0.2, -0.15) is 0 Å². The molecule has 0 saturated carbocycles. The molecule has 0 radical (unpaired) electrons. The van der Waals surface area contributed by atoms with Crippen LogP contribution in [0.2, 0.25) is 0 Å². The van der Waals surface area contributed by atoms with Crippen LogP contribution in [0.15, 0.2) is 0 Å². The summed E-state index contributed by atoms with van der Waals surface area (Å²) >= 11 is 0. The minimum absolute atomic E-state index is 0.0597. The molecular formula is C8H20NO3+. The summed E-state index contributed by atoms with van der Waals surface area (Å²) < 4.78 is 0.287. The fourth-order valence-corrected chi connectivity index (χ4v) is 1.47. The summed E-state index contributed by atoms with van der Waals surface area (Å²) in [5.74, 6) is 0. The third kappa shape index (κ3) is 4.66.